The number of hydrogen-bond acceptors (Lipinski definition) is 3. The normalized spacial score (nSPS) is 10.1. The number of rotatable bonds is 6. The maximum atomic E-state index is 12.1. The molecule has 0 saturated carbocycles. The fourth-order valence-electron chi connectivity index (χ4n) is 2.08. The predicted molar refractivity (Wildman–Crippen MR) is 95.0 cm³/mol. The lowest BCUT2D eigenvalue weighted by molar-refractivity contribution is 0.0951. The van der Waals surface area contributed by atoms with Gasteiger partial charge in [0.1, 0.15) is 5.75 Å². The van der Waals surface area contributed by atoms with Crippen LogP contribution in [0.4, 0.5) is 0 Å². The minimum absolute atomic E-state index is 0. The van der Waals surface area contributed by atoms with Gasteiger partial charge in [0, 0.05) is 18.7 Å². The van der Waals surface area contributed by atoms with E-state index in [4.69, 9.17) is 10.5 Å². The number of benzene rings is 2. The highest BCUT2D eigenvalue weighted by Gasteiger charge is 2.06. The van der Waals surface area contributed by atoms with E-state index in [1.54, 1.807) is 6.07 Å². The summed E-state index contributed by atoms with van der Waals surface area (Å²) >= 11 is 0. The van der Waals surface area contributed by atoms with Gasteiger partial charge >= 0.3 is 0 Å². The van der Waals surface area contributed by atoms with Gasteiger partial charge < -0.3 is 15.8 Å². The molecule has 0 aliphatic heterocycles. The Labute approximate surface area is 143 Å². The molecular formula is C18H23ClN2O2. The molecule has 0 atom stereocenters. The average Bonchev–Trinajstić information content (AvgIpc) is 2.53. The number of halogens is 1. The first kappa shape index (κ1) is 19.0. The van der Waals surface area contributed by atoms with Crippen molar-refractivity contribution in [2.75, 3.05) is 0 Å². The number of amides is 1. The first-order chi connectivity index (χ1) is 10.6. The van der Waals surface area contributed by atoms with Gasteiger partial charge in [0.25, 0.3) is 5.91 Å². The van der Waals surface area contributed by atoms with Gasteiger partial charge in [-0.05, 0) is 49.2 Å². The standard InChI is InChI=1S/C18H22N2O2.ClH/c1-13(2)22-17-8-6-14(7-9-17)12-20-18(21)16-5-3-4-15(10-16)11-19;/h3-10,13H,11-12,19H2,1-2H3,(H,20,21);1H. The van der Waals surface area contributed by atoms with Crippen LogP contribution in [0.3, 0.4) is 0 Å². The Morgan fingerprint density at radius 3 is 2.43 bits per heavy atom. The molecule has 1 amide bonds. The van der Waals surface area contributed by atoms with E-state index >= 15 is 0 Å². The van der Waals surface area contributed by atoms with Crippen LogP contribution in [-0.2, 0) is 13.1 Å². The molecule has 0 radical (unpaired) electrons. The van der Waals surface area contributed by atoms with E-state index in [2.05, 4.69) is 5.32 Å². The summed E-state index contributed by atoms with van der Waals surface area (Å²) in [7, 11) is 0. The van der Waals surface area contributed by atoms with Gasteiger partial charge in [-0.1, -0.05) is 24.3 Å². The van der Waals surface area contributed by atoms with Crippen molar-refractivity contribution in [1.82, 2.24) is 5.32 Å². The smallest absolute Gasteiger partial charge is 0.251 e. The van der Waals surface area contributed by atoms with Crippen LogP contribution in [0.15, 0.2) is 48.5 Å². The molecule has 0 heterocycles. The highest BCUT2D eigenvalue weighted by Crippen LogP contribution is 2.14. The number of ether oxygens (including phenoxy) is 1. The van der Waals surface area contributed by atoms with Crippen molar-refractivity contribution in [3.8, 4) is 5.75 Å². The lowest BCUT2D eigenvalue weighted by atomic mass is 10.1. The van der Waals surface area contributed by atoms with Crippen molar-refractivity contribution in [3.05, 3.63) is 65.2 Å². The minimum atomic E-state index is -0.0993. The molecule has 23 heavy (non-hydrogen) atoms. The Morgan fingerprint density at radius 2 is 1.83 bits per heavy atom. The van der Waals surface area contributed by atoms with Crippen LogP contribution in [0.25, 0.3) is 0 Å². The van der Waals surface area contributed by atoms with E-state index < -0.39 is 0 Å². The molecule has 0 spiro atoms. The topological polar surface area (TPSA) is 64.3 Å². The van der Waals surface area contributed by atoms with Crippen molar-refractivity contribution in [3.63, 3.8) is 0 Å². The van der Waals surface area contributed by atoms with Crippen LogP contribution in [-0.4, -0.2) is 12.0 Å². The molecule has 124 valence electrons. The summed E-state index contributed by atoms with van der Waals surface area (Å²) in [5.41, 5.74) is 8.19. The van der Waals surface area contributed by atoms with Crippen molar-refractivity contribution < 1.29 is 9.53 Å². The van der Waals surface area contributed by atoms with Crippen LogP contribution in [0.1, 0.15) is 35.3 Å². The summed E-state index contributed by atoms with van der Waals surface area (Å²) in [5.74, 6) is 0.735. The molecule has 0 bridgehead atoms. The third-order valence-electron chi connectivity index (χ3n) is 3.17. The monoisotopic (exact) mass is 334 g/mol. The first-order valence-corrected chi connectivity index (χ1v) is 7.41. The Morgan fingerprint density at radius 1 is 1.13 bits per heavy atom. The molecule has 5 heteroatoms. The first-order valence-electron chi connectivity index (χ1n) is 7.41. The molecule has 0 aliphatic rings. The van der Waals surface area contributed by atoms with Gasteiger partial charge in [-0.3, -0.25) is 4.79 Å². The van der Waals surface area contributed by atoms with E-state index in [0.717, 1.165) is 16.9 Å². The van der Waals surface area contributed by atoms with E-state index in [1.165, 1.54) is 0 Å². The molecule has 3 N–H and O–H groups in total. The fourth-order valence-corrected chi connectivity index (χ4v) is 2.08. The molecule has 0 aliphatic carbocycles. The largest absolute Gasteiger partial charge is 0.491 e. The number of nitrogens with one attached hydrogen (secondary N) is 1. The molecule has 0 aromatic heterocycles. The second-order valence-electron chi connectivity index (χ2n) is 5.40. The van der Waals surface area contributed by atoms with E-state index in [1.807, 2.05) is 56.3 Å². The summed E-state index contributed by atoms with van der Waals surface area (Å²) in [5, 5.41) is 2.91. The summed E-state index contributed by atoms with van der Waals surface area (Å²) < 4.78 is 5.59. The minimum Gasteiger partial charge on any atom is -0.491 e. The van der Waals surface area contributed by atoms with Gasteiger partial charge in [-0.15, -0.1) is 12.4 Å². The average molecular weight is 335 g/mol. The molecular weight excluding hydrogens is 312 g/mol. The summed E-state index contributed by atoms with van der Waals surface area (Å²) in [6, 6.07) is 15.1. The molecule has 0 saturated heterocycles. The molecule has 2 aromatic carbocycles. The summed E-state index contributed by atoms with van der Waals surface area (Å²) in [4.78, 5) is 12.1. The Kier molecular flexibility index (Phi) is 7.59. The van der Waals surface area contributed by atoms with Crippen LogP contribution < -0.4 is 15.8 Å². The number of hydrogen-bond donors (Lipinski definition) is 2. The van der Waals surface area contributed by atoms with Crippen molar-refractivity contribution in [1.29, 1.82) is 0 Å². The maximum absolute atomic E-state index is 12.1. The quantitative estimate of drug-likeness (QED) is 0.852. The van der Waals surface area contributed by atoms with Crippen LogP contribution in [0.5, 0.6) is 5.75 Å². The highest BCUT2D eigenvalue weighted by molar-refractivity contribution is 5.94. The van der Waals surface area contributed by atoms with E-state index in [-0.39, 0.29) is 24.4 Å². The Bertz CT molecular complexity index is 627. The second kappa shape index (κ2) is 9.18. The summed E-state index contributed by atoms with van der Waals surface area (Å²) in [6.45, 7) is 4.89. The highest BCUT2D eigenvalue weighted by atomic mass is 35.5. The third-order valence-corrected chi connectivity index (χ3v) is 3.17. The molecule has 2 aromatic rings. The zero-order valence-electron chi connectivity index (χ0n) is 13.4. The van der Waals surface area contributed by atoms with Gasteiger partial charge in [0.05, 0.1) is 6.10 Å². The Balaban J connectivity index is 0.00000264. The number of carbonyl (C=O) groups is 1. The maximum Gasteiger partial charge on any atom is 0.251 e. The number of nitrogens with two attached hydrogens (primary N) is 1. The van der Waals surface area contributed by atoms with Crippen molar-refractivity contribution in [2.24, 2.45) is 5.73 Å². The fraction of sp³-hybridized carbons (Fsp3) is 0.278. The van der Waals surface area contributed by atoms with Crippen molar-refractivity contribution in [2.45, 2.75) is 33.0 Å². The van der Waals surface area contributed by atoms with Crippen molar-refractivity contribution >= 4 is 18.3 Å². The van der Waals surface area contributed by atoms with E-state index in [9.17, 15) is 4.79 Å². The molecule has 4 nitrogen and oxygen atoms in total. The lowest BCUT2D eigenvalue weighted by Gasteiger charge is -2.10. The third kappa shape index (κ3) is 5.93. The second-order valence-corrected chi connectivity index (χ2v) is 5.40. The van der Waals surface area contributed by atoms with Gasteiger partial charge in [0.2, 0.25) is 0 Å². The van der Waals surface area contributed by atoms with E-state index in [0.29, 0.717) is 18.7 Å². The molecule has 0 fully saturated rings. The van der Waals surface area contributed by atoms with Crippen LogP contribution >= 0.6 is 12.4 Å². The molecule has 2 rings (SSSR count). The van der Waals surface area contributed by atoms with Gasteiger partial charge in [-0.2, -0.15) is 0 Å². The SMILES string of the molecule is CC(C)Oc1ccc(CNC(=O)c2cccc(CN)c2)cc1.Cl. The van der Waals surface area contributed by atoms with Crippen LogP contribution in [0, 0.1) is 0 Å². The zero-order chi connectivity index (χ0) is 15.9. The summed E-state index contributed by atoms with van der Waals surface area (Å²) in [6.07, 6.45) is 0.153. The lowest BCUT2D eigenvalue weighted by Crippen LogP contribution is -2.23. The molecule has 0 unspecified atom stereocenters. The van der Waals surface area contributed by atoms with Crippen LogP contribution in [0.2, 0.25) is 0 Å². The number of carbonyl (C=O) groups excluding carboxylic acids is 1. The van der Waals surface area contributed by atoms with Gasteiger partial charge in [0.15, 0.2) is 0 Å². The van der Waals surface area contributed by atoms with Gasteiger partial charge in [-0.25, -0.2) is 0 Å². The zero-order valence-corrected chi connectivity index (χ0v) is 14.2. The Hall–Kier alpha value is -2.04. The predicted octanol–water partition coefficient (Wildman–Crippen LogP) is 3.28.